The Bertz CT molecular complexity index is 572. The minimum absolute atomic E-state index is 0.00568. The van der Waals surface area contributed by atoms with Crippen LogP contribution in [-0.2, 0) is 11.0 Å². The molecule has 1 saturated heterocycles. The van der Waals surface area contributed by atoms with Gasteiger partial charge in [-0.3, -0.25) is 4.79 Å². The molecule has 1 fully saturated rings. The number of amides is 1. The van der Waals surface area contributed by atoms with Gasteiger partial charge in [-0.1, -0.05) is 18.5 Å². The molecule has 0 aromatic heterocycles. The molecule has 0 radical (unpaired) electrons. The Labute approximate surface area is 144 Å². The predicted octanol–water partition coefficient (Wildman–Crippen LogP) is 0.491. The number of piperazine rings is 1. The summed E-state index contributed by atoms with van der Waals surface area (Å²) in [7, 11) is 0. The largest absolute Gasteiger partial charge is 0.416 e. The molecule has 0 saturated carbocycles. The fourth-order valence-electron chi connectivity index (χ4n) is 2.96. The highest BCUT2D eigenvalue weighted by molar-refractivity contribution is 6.33. The Morgan fingerprint density at radius 3 is 2.42 bits per heavy atom. The number of carbonyl (C=O) groups is 1. The molecule has 1 amide bonds. The topological polar surface area (TPSA) is 38.0 Å². The lowest BCUT2D eigenvalue weighted by Crippen LogP contribution is -3.28. The normalized spacial score (nSPS) is 21.5. The van der Waals surface area contributed by atoms with Crippen LogP contribution in [0.1, 0.15) is 18.9 Å². The maximum atomic E-state index is 12.7. The number of anilines is 1. The van der Waals surface area contributed by atoms with E-state index in [2.05, 4.69) is 12.2 Å². The summed E-state index contributed by atoms with van der Waals surface area (Å²) in [5.41, 5.74) is -0.822. The Morgan fingerprint density at radius 2 is 1.83 bits per heavy atom. The quantitative estimate of drug-likeness (QED) is 0.698. The summed E-state index contributed by atoms with van der Waals surface area (Å²) >= 11 is 5.89. The Morgan fingerprint density at radius 1 is 1.21 bits per heavy atom. The average Bonchev–Trinajstić information content (AvgIpc) is 2.50. The third-order valence-electron chi connectivity index (χ3n) is 4.25. The molecule has 1 aliphatic heterocycles. The van der Waals surface area contributed by atoms with Crippen molar-refractivity contribution < 1.29 is 27.8 Å². The van der Waals surface area contributed by atoms with Crippen molar-refractivity contribution in [2.75, 3.05) is 44.6 Å². The number of benzene rings is 1. The van der Waals surface area contributed by atoms with E-state index in [0.717, 1.165) is 62.2 Å². The lowest BCUT2D eigenvalue weighted by atomic mass is 10.2. The maximum Gasteiger partial charge on any atom is 0.416 e. The maximum absolute atomic E-state index is 12.7. The van der Waals surface area contributed by atoms with Gasteiger partial charge in [-0.05, 0) is 24.6 Å². The van der Waals surface area contributed by atoms with E-state index in [9.17, 15) is 18.0 Å². The van der Waals surface area contributed by atoms with Crippen LogP contribution in [0.5, 0.6) is 0 Å². The number of carbonyl (C=O) groups excluding carboxylic acids is 1. The van der Waals surface area contributed by atoms with E-state index >= 15 is 0 Å². The smallest absolute Gasteiger partial charge is 0.326 e. The van der Waals surface area contributed by atoms with Crippen molar-refractivity contribution in [1.82, 2.24) is 0 Å². The minimum Gasteiger partial charge on any atom is -0.326 e. The standard InChI is InChI=1S/C16H21ClF3N3O/c1-2-5-22-6-8-23(9-7-22)11-15(24)21-14-10-12(16(18,19)20)3-4-13(14)17/h3-4,10H,2,5-9,11H2,1H3,(H,21,24)/p+2. The Hall–Kier alpha value is -1.31. The van der Waals surface area contributed by atoms with Crippen molar-refractivity contribution in [2.24, 2.45) is 0 Å². The number of hydrogen-bond acceptors (Lipinski definition) is 1. The molecule has 8 heteroatoms. The number of halogens is 4. The van der Waals surface area contributed by atoms with E-state index in [0.29, 0.717) is 0 Å². The average molecular weight is 366 g/mol. The minimum atomic E-state index is -4.46. The summed E-state index contributed by atoms with van der Waals surface area (Å²) < 4.78 is 38.2. The number of alkyl halides is 3. The molecule has 0 unspecified atom stereocenters. The zero-order valence-corrected chi connectivity index (χ0v) is 14.4. The van der Waals surface area contributed by atoms with Crippen molar-refractivity contribution in [1.29, 1.82) is 0 Å². The SMILES string of the molecule is CCC[NH+]1CC[NH+](CC(=O)Nc2cc(C(F)(F)F)ccc2Cl)CC1. The van der Waals surface area contributed by atoms with Crippen molar-refractivity contribution >= 4 is 23.2 Å². The van der Waals surface area contributed by atoms with Crippen LogP contribution in [0.2, 0.25) is 5.02 Å². The lowest BCUT2D eigenvalue weighted by Gasteiger charge is -2.29. The summed E-state index contributed by atoms with van der Waals surface area (Å²) in [6.07, 6.45) is -3.33. The second-order valence-electron chi connectivity index (χ2n) is 6.17. The Kier molecular flexibility index (Phi) is 6.48. The highest BCUT2D eigenvalue weighted by Crippen LogP contribution is 2.33. The fourth-order valence-corrected chi connectivity index (χ4v) is 3.12. The van der Waals surface area contributed by atoms with Gasteiger partial charge >= 0.3 is 6.18 Å². The molecule has 2 rings (SSSR count). The molecule has 0 aliphatic carbocycles. The van der Waals surface area contributed by atoms with Crippen LogP contribution in [0.15, 0.2) is 18.2 Å². The summed E-state index contributed by atoms with van der Waals surface area (Å²) in [4.78, 5) is 14.8. The third kappa shape index (κ3) is 5.36. The molecule has 1 heterocycles. The summed E-state index contributed by atoms with van der Waals surface area (Å²) in [6.45, 7) is 7.34. The van der Waals surface area contributed by atoms with Gasteiger partial charge in [0, 0.05) is 0 Å². The summed E-state index contributed by atoms with van der Waals surface area (Å²) in [5.74, 6) is -0.315. The first-order valence-electron chi connectivity index (χ1n) is 8.13. The summed E-state index contributed by atoms with van der Waals surface area (Å²) in [6, 6.07) is 2.93. The number of quaternary nitrogens is 2. The van der Waals surface area contributed by atoms with E-state index in [1.54, 1.807) is 4.90 Å². The predicted molar refractivity (Wildman–Crippen MR) is 86.5 cm³/mol. The van der Waals surface area contributed by atoms with Gasteiger partial charge in [0.2, 0.25) is 0 Å². The molecule has 1 aromatic carbocycles. The second-order valence-corrected chi connectivity index (χ2v) is 6.57. The molecule has 134 valence electrons. The van der Waals surface area contributed by atoms with Gasteiger partial charge in [-0.25, -0.2) is 0 Å². The molecule has 4 nitrogen and oxygen atoms in total. The third-order valence-corrected chi connectivity index (χ3v) is 4.58. The molecule has 3 N–H and O–H groups in total. The number of hydrogen-bond donors (Lipinski definition) is 3. The van der Waals surface area contributed by atoms with Crippen LogP contribution in [-0.4, -0.2) is 45.2 Å². The van der Waals surface area contributed by atoms with E-state index in [1.165, 1.54) is 0 Å². The molecule has 1 aromatic rings. The molecule has 0 spiro atoms. The van der Waals surface area contributed by atoms with Crippen LogP contribution in [0, 0.1) is 0 Å². The van der Waals surface area contributed by atoms with Gasteiger partial charge in [0.25, 0.3) is 5.91 Å². The zero-order chi connectivity index (χ0) is 17.7. The number of rotatable bonds is 5. The van der Waals surface area contributed by atoms with Gasteiger partial charge in [0.15, 0.2) is 6.54 Å². The van der Waals surface area contributed by atoms with E-state index < -0.39 is 11.7 Å². The molecule has 24 heavy (non-hydrogen) atoms. The van der Waals surface area contributed by atoms with Crippen LogP contribution in [0.25, 0.3) is 0 Å². The van der Waals surface area contributed by atoms with Crippen molar-refractivity contribution in [3.05, 3.63) is 28.8 Å². The second kappa shape index (κ2) is 8.18. The molecule has 0 atom stereocenters. The van der Waals surface area contributed by atoms with Crippen LogP contribution < -0.4 is 15.1 Å². The lowest BCUT2D eigenvalue weighted by molar-refractivity contribution is -1.01. The highest BCUT2D eigenvalue weighted by Gasteiger charge is 2.31. The van der Waals surface area contributed by atoms with Gasteiger partial charge in [0.05, 0.1) is 22.8 Å². The fraction of sp³-hybridized carbons (Fsp3) is 0.562. The molecule has 0 bridgehead atoms. The number of nitrogens with one attached hydrogen (secondary N) is 3. The molecular weight excluding hydrogens is 343 g/mol. The van der Waals surface area contributed by atoms with Gasteiger partial charge in [-0.15, -0.1) is 0 Å². The summed E-state index contributed by atoms with van der Waals surface area (Å²) in [5, 5.41) is 2.61. The van der Waals surface area contributed by atoms with Crippen LogP contribution in [0.3, 0.4) is 0 Å². The molecular formula is C16H23ClF3N3O+2. The van der Waals surface area contributed by atoms with Crippen molar-refractivity contribution in [3.63, 3.8) is 0 Å². The first kappa shape index (κ1) is 19.0. The van der Waals surface area contributed by atoms with Crippen molar-refractivity contribution in [2.45, 2.75) is 19.5 Å². The van der Waals surface area contributed by atoms with E-state index in [-0.39, 0.29) is 23.2 Å². The van der Waals surface area contributed by atoms with E-state index in [1.807, 2.05) is 0 Å². The van der Waals surface area contributed by atoms with Gasteiger partial charge < -0.3 is 15.1 Å². The monoisotopic (exact) mass is 365 g/mol. The van der Waals surface area contributed by atoms with Crippen molar-refractivity contribution in [3.8, 4) is 0 Å². The van der Waals surface area contributed by atoms with E-state index in [4.69, 9.17) is 11.6 Å². The van der Waals surface area contributed by atoms with Gasteiger partial charge in [-0.2, -0.15) is 13.2 Å². The molecule has 1 aliphatic rings. The van der Waals surface area contributed by atoms with Crippen LogP contribution in [0.4, 0.5) is 18.9 Å². The van der Waals surface area contributed by atoms with Crippen LogP contribution >= 0.6 is 11.6 Å². The first-order valence-corrected chi connectivity index (χ1v) is 8.51. The van der Waals surface area contributed by atoms with Gasteiger partial charge in [0.1, 0.15) is 26.2 Å². The zero-order valence-electron chi connectivity index (χ0n) is 13.6. The Balaban J connectivity index is 1.91. The highest BCUT2D eigenvalue weighted by atomic mass is 35.5. The first-order chi connectivity index (χ1) is 11.3.